The van der Waals surface area contributed by atoms with Gasteiger partial charge in [0.05, 0.1) is 24.3 Å². The lowest BCUT2D eigenvalue weighted by atomic mass is 9.78. The second kappa shape index (κ2) is 11.2. The van der Waals surface area contributed by atoms with Gasteiger partial charge in [0.2, 0.25) is 0 Å². The van der Waals surface area contributed by atoms with Crippen molar-refractivity contribution in [2.45, 2.75) is 13.8 Å². The number of aliphatic hydroxyl groups is 2. The molecule has 0 aliphatic heterocycles. The Bertz CT molecular complexity index is 912. The standard InChI is InChI=1S/C24H32N4O4/c1-15-3-4-16(2)20-19(15)23(31)21-17(27-9-7-25-11-13-29)5-6-18(22(21)24(20)32)28-10-8-26-12-14-30/h3-6,25-30H,7-14H2,1-2H3. The molecule has 2 aromatic rings. The fourth-order valence-corrected chi connectivity index (χ4v) is 3.99. The molecule has 0 atom stereocenters. The van der Waals surface area contributed by atoms with Crippen molar-refractivity contribution in [3.8, 4) is 0 Å². The van der Waals surface area contributed by atoms with Gasteiger partial charge in [0.25, 0.3) is 0 Å². The van der Waals surface area contributed by atoms with E-state index in [0.717, 1.165) is 11.1 Å². The first-order valence-corrected chi connectivity index (χ1v) is 11.0. The average Bonchev–Trinajstić information content (AvgIpc) is 2.78. The van der Waals surface area contributed by atoms with Crippen molar-refractivity contribution < 1.29 is 19.8 Å². The lowest BCUT2D eigenvalue weighted by molar-refractivity contribution is 0.0979. The van der Waals surface area contributed by atoms with Crippen LogP contribution in [0.1, 0.15) is 43.0 Å². The molecule has 0 fully saturated rings. The summed E-state index contributed by atoms with van der Waals surface area (Å²) in [6.45, 7) is 7.15. The van der Waals surface area contributed by atoms with Crippen molar-refractivity contribution in [3.05, 3.63) is 57.6 Å². The summed E-state index contributed by atoms with van der Waals surface area (Å²) in [7, 11) is 0. The minimum atomic E-state index is -0.149. The molecule has 3 rings (SSSR count). The molecule has 2 aromatic carbocycles. The number of carbonyl (C=O) groups excluding carboxylic acids is 2. The minimum Gasteiger partial charge on any atom is -0.395 e. The fourth-order valence-electron chi connectivity index (χ4n) is 3.99. The molecule has 1 aliphatic carbocycles. The average molecular weight is 441 g/mol. The first kappa shape index (κ1) is 23.9. The minimum absolute atomic E-state index is 0.0608. The van der Waals surface area contributed by atoms with Gasteiger partial charge in [-0.2, -0.15) is 0 Å². The van der Waals surface area contributed by atoms with E-state index in [2.05, 4.69) is 21.3 Å². The Morgan fingerprint density at radius 2 is 1.00 bits per heavy atom. The number of hydrogen-bond acceptors (Lipinski definition) is 8. The zero-order valence-electron chi connectivity index (χ0n) is 18.7. The summed E-state index contributed by atoms with van der Waals surface area (Å²) in [5, 5.41) is 30.5. The molecule has 0 radical (unpaired) electrons. The van der Waals surface area contributed by atoms with Crippen LogP contribution in [0.4, 0.5) is 11.4 Å². The quantitative estimate of drug-likeness (QED) is 0.231. The van der Waals surface area contributed by atoms with E-state index in [1.165, 1.54) is 0 Å². The Labute approximate surface area is 188 Å². The molecule has 0 saturated carbocycles. The number of fused-ring (bicyclic) bond motifs is 2. The first-order valence-electron chi connectivity index (χ1n) is 11.0. The third kappa shape index (κ3) is 4.99. The van der Waals surface area contributed by atoms with Crippen molar-refractivity contribution in [3.63, 3.8) is 0 Å². The Balaban J connectivity index is 1.97. The van der Waals surface area contributed by atoms with Crippen molar-refractivity contribution in [1.82, 2.24) is 10.6 Å². The largest absolute Gasteiger partial charge is 0.395 e. The Morgan fingerprint density at radius 3 is 1.38 bits per heavy atom. The van der Waals surface area contributed by atoms with Crippen LogP contribution >= 0.6 is 0 Å². The number of benzene rings is 2. The van der Waals surface area contributed by atoms with E-state index < -0.39 is 0 Å². The highest BCUT2D eigenvalue weighted by Gasteiger charge is 2.36. The lowest BCUT2D eigenvalue weighted by Crippen LogP contribution is -2.29. The van der Waals surface area contributed by atoms with E-state index in [1.54, 1.807) is 0 Å². The van der Waals surface area contributed by atoms with Crippen LogP contribution in [0.2, 0.25) is 0 Å². The number of carbonyl (C=O) groups is 2. The maximum Gasteiger partial charge on any atom is 0.196 e. The molecule has 8 nitrogen and oxygen atoms in total. The molecule has 172 valence electrons. The van der Waals surface area contributed by atoms with Crippen LogP contribution in [0.5, 0.6) is 0 Å². The van der Waals surface area contributed by atoms with Gasteiger partial charge >= 0.3 is 0 Å². The van der Waals surface area contributed by atoms with Gasteiger partial charge in [0, 0.05) is 61.8 Å². The molecule has 0 amide bonds. The number of rotatable bonds is 12. The smallest absolute Gasteiger partial charge is 0.196 e. The van der Waals surface area contributed by atoms with Crippen molar-refractivity contribution in [2.24, 2.45) is 0 Å². The number of aliphatic hydroxyl groups excluding tert-OH is 2. The molecule has 6 N–H and O–H groups in total. The van der Waals surface area contributed by atoms with E-state index in [4.69, 9.17) is 10.2 Å². The van der Waals surface area contributed by atoms with E-state index in [1.807, 2.05) is 38.1 Å². The van der Waals surface area contributed by atoms with Gasteiger partial charge < -0.3 is 31.5 Å². The maximum atomic E-state index is 13.6. The summed E-state index contributed by atoms with van der Waals surface area (Å²) in [6, 6.07) is 7.42. The third-order valence-electron chi connectivity index (χ3n) is 5.55. The summed E-state index contributed by atoms with van der Waals surface area (Å²) in [5.41, 5.74) is 4.57. The van der Waals surface area contributed by atoms with Crippen LogP contribution in [0.3, 0.4) is 0 Å². The number of ketones is 2. The lowest BCUT2D eigenvalue weighted by Gasteiger charge is -2.26. The first-order chi connectivity index (χ1) is 15.5. The van der Waals surface area contributed by atoms with E-state index in [-0.39, 0.29) is 24.8 Å². The molecule has 32 heavy (non-hydrogen) atoms. The highest BCUT2D eigenvalue weighted by Crippen LogP contribution is 2.38. The molecule has 0 heterocycles. The number of hydrogen-bond donors (Lipinski definition) is 6. The summed E-state index contributed by atoms with van der Waals surface area (Å²) in [6.07, 6.45) is 0. The van der Waals surface area contributed by atoms with Crippen LogP contribution in [-0.2, 0) is 0 Å². The van der Waals surface area contributed by atoms with Crippen molar-refractivity contribution in [2.75, 3.05) is 63.1 Å². The summed E-state index contributed by atoms with van der Waals surface area (Å²) in [4.78, 5) is 27.3. The highest BCUT2D eigenvalue weighted by atomic mass is 16.3. The number of anilines is 2. The van der Waals surface area contributed by atoms with Crippen LogP contribution in [0, 0.1) is 13.8 Å². The second-order valence-corrected chi connectivity index (χ2v) is 7.82. The monoisotopic (exact) mass is 440 g/mol. The van der Waals surface area contributed by atoms with Crippen LogP contribution < -0.4 is 21.3 Å². The zero-order chi connectivity index (χ0) is 23.1. The molecule has 8 heteroatoms. The van der Waals surface area contributed by atoms with Gasteiger partial charge in [-0.15, -0.1) is 0 Å². The SMILES string of the molecule is Cc1ccc(C)c2c1C(=O)c1c(NCCNCCO)ccc(NCCNCCO)c1C2=O. The second-order valence-electron chi connectivity index (χ2n) is 7.82. The molecule has 0 spiro atoms. The van der Waals surface area contributed by atoms with Gasteiger partial charge in [0.1, 0.15) is 0 Å². The highest BCUT2D eigenvalue weighted by molar-refractivity contribution is 6.32. The van der Waals surface area contributed by atoms with Gasteiger partial charge in [-0.3, -0.25) is 9.59 Å². The third-order valence-corrected chi connectivity index (χ3v) is 5.55. The van der Waals surface area contributed by atoms with Crippen LogP contribution in [-0.4, -0.2) is 74.3 Å². The van der Waals surface area contributed by atoms with Gasteiger partial charge in [-0.25, -0.2) is 0 Å². The summed E-state index contributed by atoms with van der Waals surface area (Å²) in [5.74, 6) is -0.299. The van der Waals surface area contributed by atoms with Crippen molar-refractivity contribution in [1.29, 1.82) is 0 Å². The molecule has 0 saturated heterocycles. The predicted octanol–water partition coefficient (Wildman–Crippen LogP) is 1.07. The Morgan fingerprint density at radius 1 is 0.594 bits per heavy atom. The molecule has 0 bridgehead atoms. The molecule has 0 aromatic heterocycles. The fraction of sp³-hybridized carbons (Fsp3) is 0.417. The molecular formula is C24H32N4O4. The topological polar surface area (TPSA) is 123 Å². The normalized spacial score (nSPS) is 12.5. The summed E-state index contributed by atoms with van der Waals surface area (Å²) >= 11 is 0. The number of nitrogens with one attached hydrogen (secondary N) is 4. The number of aryl methyl sites for hydroxylation is 2. The van der Waals surface area contributed by atoms with Crippen molar-refractivity contribution >= 4 is 22.9 Å². The maximum absolute atomic E-state index is 13.6. The van der Waals surface area contributed by atoms with Gasteiger partial charge in [-0.1, -0.05) is 12.1 Å². The van der Waals surface area contributed by atoms with E-state index in [9.17, 15) is 9.59 Å². The zero-order valence-corrected chi connectivity index (χ0v) is 18.7. The molecule has 1 aliphatic rings. The van der Waals surface area contributed by atoms with Crippen LogP contribution in [0.25, 0.3) is 0 Å². The van der Waals surface area contributed by atoms with Gasteiger partial charge in [0.15, 0.2) is 11.6 Å². The molecule has 0 unspecified atom stereocenters. The molecular weight excluding hydrogens is 408 g/mol. The predicted molar refractivity (Wildman–Crippen MR) is 126 cm³/mol. The van der Waals surface area contributed by atoms with Crippen LogP contribution in [0.15, 0.2) is 24.3 Å². The van der Waals surface area contributed by atoms with E-state index in [0.29, 0.717) is 72.9 Å². The Hall–Kier alpha value is -2.78. The van der Waals surface area contributed by atoms with E-state index >= 15 is 0 Å². The Kier molecular flexibility index (Phi) is 8.35. The summed E-state index contributed by atoms with van der Waals surface area (Å²) < 4.78 is 0. The van der Waals surface area contributed by atoms with Gasteiger partial charge in [-0.05, 0) is 37.1 Å².